The Balaban J connectivity index is 2.26. The lowest BCUT2D eigenvalue weighted by Crippen LogP contribution is -2.48. The van der Waals surface area contributed by atoms with Crippen LogP contribution in [-0.4, -0.2) is 21.7 Å². The molecule has 0 saturated carbocycles. The van der Waals surface area contributed by atoms with Crippen molar-refractivity contribution in [3.8, 4) is 0 Å². The summed E-state index contributed by atoms with van der Waals surface area (Å²) < 4.78 is 13.2. The van der Waals surface area contributed by atoms with Gasteiger partial charge in [0.05, 0.1) is 6.61 Å². The molecular weight excluding hydrogens is 358 g/mol. The van der Waals surface area contributed by atoms with Gasteiger partial charge in [-0.1, -0.05) is 55.1 Å². The number of carbonyl (C=O) groups is 1. The third-order valence-corrected chi connectivity index (χ3v) is 4.83. The molecule has 0 radical (unpaired) electrons. The minimum absolute atomic E-state index is 0.345. The molecule has 1 amide bonds. The first-order chi connectivity index (χ1) is 12.7. The summed E-state index contributed by atoms with van der Waals surface area (Å²) in [5, 5.41) is 0. The molecule has 2 aromatic carbocycles. The van der Waals surface area contributed by atoms with Crippen LogP contribution in [0.5, 0.6) is 0 Å². The van der Waals surface area contributed by atoms with Gasteiger partial charge in [-0.15, -0.1) is 0 Å². The molecule has 4 nitrogen and oxygen atoms in total. The van der Waals surface area contributed by atoms with Crippen LogP contribution in [0.1, 0.15) is 33.3 Å². The van der Waals surface area contributed by atoms with Gasteiger partial charge in [-0.3, -0.25) is 0 Å². The van der Waals surface area contributed by atoms with Gasteiger partial charge in [0.25, 0.3) is 0 Å². The van der Waals surface area contributed by atoms with E-state index in [0.29, 0.717) is 6.61 Å². The van der Waals surface area contributed by atoms with E-state index in [1.54, 1.807) is 6.08 Å². The third-order valence-electron chi connectivity index (χ3n) is 3.66. The fourth-order valence-corrected chi connectivity index (χ4v) is 3.11. The number of ether oxygens (including phenoxy) is 2. The molecule has 2 aromatic rings. The number of amides is 1. The van der Waals surface area contributed by atoms with E-state index < -0.39 is 17.4 Å². The van der Waals surface area contributed by atoms with E-state index in [-0.39, 0.29) is 0 Å². The fraction of sp³-hybridized carbons (Fsp3) is 0.318. The zero-order valence-corrected chi connectivity index (χ0v) is 17.2. The first kappa shape index (κ1) is 21.1. The highest BCUT2D eigenvalue weighted by Gasteiger charge is 2.38. The molecule has 2 rings (SSSR count). The van der Waals surface area contributed by atoms with Crippen molar-refractivity contribution in [1.82, 2.24) is 4.31 Å². The van der Waals surface area contributed by atoms with Gasteiger partial charge >= 0.3 is 6.09 Å². The maximum atomic E-state index is 12.9. The van der Waals surface area contributed by atoms with Crippen LogP contribution in [0.25, 0.3) is 0 Å². The Morgan fingerprint density at radius 1 is 1.04 bits per heavy atom. The predicted molar refractivity (Wildman–Crippen MR) is 110 cm³/mol. The van der Waals surface area contributed by atoms with Gasteiger partial charge in [-0.2, -0.15) is 0 Å². The summed E-state index contributed by atoms with van der Waals surface area (Å²) in [5.74, 6) is 0. The van der Waals surface area contributed by atoms with E-state index in [1.165, 1.54) is 16.3 Å². The molecule has 0 saturated heterocycles. The molecule has 0 spiro atoms. The van der Waals surface area contributed by atoms with Gasteiger partial charge in [0.15, 0.2) is 5.72 Å². The Bertz CT molecular complexity index is 743. The molecule has 5 heteroatoms. The van der Waals surface area contributed by atoms with Gasteiger partial charge < -0.3 is 9.47 Å². The number of benzene rings is 2. The fourth-order valence-electron chi connectivity index (χ4n) is 2.20. The monoisotopic (exact) mass is 385 g/mol. The molecule has 0 fully saturated rings. The summed E-state index contributed by atoms with van der Waals surface area (Å²) in [6, 6.07) is 19.5. The second-order valence-electron chi connectivity index (χ2n) is 7.21. The second-order valence-corrected chi connectivity index (χ2v) is 8.23. The van der Waals surface area contributed by atoms with Crippen molar-refractivity contribution in [2.24, 2.45) is 0 Å². The third kappa shape index (κ3) is 6.45. The van der Waals surface area contributed by atoms with Crippen molar-refractivity contribution in [2.75, 3.05) is 0 Å². The van der Waals surface area contributed by atoms with Crippen LogP contribution < -0.4 is 0 Å². The Kier molecular flexibility index (Phi) is 7.11. The van der Waals surface area contributed by atoms with Crippen LogP contribution in [0.15, 0.2) is 78.2 Å². The van der Waals surface area contributed by atoms with Crippen LogP contribution in [0.3, 0.4) is 0 Å². The van der Waals surface area contributed by atoms with E-state index in [4.69, 9.17) is 9.47 Å². The molecule has 144 valence electrons. The van der Waals surface area contributed by atoms with Gasteiger partial charge in [0.2, 0.25) is 0 Å². The molecular formula is C22H27NO3S. The highest BCUT2D eigenvalue weighted by molar-refractivity contribution is 7.97. The highest BCUT2D eigenvalue weighted by atomic mass is 32.2. The molecule has 1 atom stereocenters. The summed E-state index contributed by atoms with van der Waals surface area (Å²) in [5.41, 5.74) is -0.660. The molecule has 27 heavy (non-hydrogen) atoms. The summed E-state index contributed by atoms with van der Waals surface area (Å²) in [7, 11) is 0. The van der Waals surface area contributed by atoms with Crippen molar-refractivity contribution < 1.29 is 14.3 Å². The summed E-state index contributed by atoms with van der Waals surface area (Å²) in [4.78, 5) is 13.8. The van der Waals surface area contributed by atoms with E-state index in [0.717, 1.165) is 10.5 Å². The van der Waals surface area contributed by atoms with E-state index in [9.17, 15) is 4.79 Å². The second kappa shape index (κ2) is 9.11. The number of carbonyl (C=O) groups excluding carboxylic acids is 1. The van der Waals surface area contributed by atoms with E-state index in [2.05, 4.69) is 6.58 Å². The quantitative estimate of drug-likeness (QED) is 0.330. The van der Waals surface area contributed by atoms with Crippen molar-refractivity contribution in [2.45, 2.75) is 50.5 Å². The minimum Gasteiger partial charge on any atom is -0.443 e. The Morgan fingerprint density at radius 2 is 1.59 bits per heavy atom. The molecule has 0 aliphatic rings. The van der Waals surface area contributed by atoms with Gasteiger partial charge in [-0.05, 0) is 63.4 Å². The lowest BCUT2D eigenvalue weighted by Gasteiger charge is -2.38. The van der Waals surface area contributed by atoms with Gasteiger partial charge in [0.1, 0.15) is 5.60 Å². The molecule has 0 aliphatic heterocycles. The Labute approximate surface area is 166 Å². The molecule has 0 N–H and O–H groups in total. The van der Waals surface area contributed by atoms with Crippen molar-refractivity contribution in [3.63, 3.8) is 0 Å². The maximum Gasteiger partial charge on any atom is 0.423 e. The summed E-state index contributed by atoms with van der Waals surface area (Å²) >= 11 is 1.27. The van der Waals surface area contributed by atoms with Gasteiger partial charge in [0, 0.05) is 4.90 Å². The standard InChI is InChI=1S/C22H27NO3S/c1-6-22(5,25-17-18-13-9-7-10-14-18)23(20(24)26-21(2,3)4)27-19-15-11-8-12-16-19/h6-16H,1,17H2,2-5H3. The molecule has 1 unspecified atom stereocenters. The lowest BCUT2D eigenvalue weighted by atomic mass is 10.2. The average molecular weight is 386 g/mol. The minimum atomic E-state index is -1.06. The molecule has 0 bridgehead atoms. The lowest BCUT2D eigenvalue weighted by molar-refractivity contribution is -0.0788. The number of rotatable bonds is 7. The van der Waals surface area contributed by atoms with E-state index in [1.807, 2.05) is 88.4 Å². The first-order valence-electron chi connectivity index (χ1n) is 8.81. The first-order valence-corrected chi connectivity index (χ1v) is 9.58. The average Bonchev–Trinajstić information content (AvgIpc) is 2.64. The van der Waals surface area contributed by atoms with Crippen molar-refractivity contribution >= 4 is 18.0 Å². The van der Waals surface area contributed by atoms with Gasteiger partial charge in [-0.25, -0.2) is 9.10 Å². The number of nitrogens with zero attached hydrogens (tertiary/aromatic N) is 1. The smallest absolute Gasteiger partial charge is 0.423 e. The zero-order chi connectivity index (χ0) is 19.9. The topological polar surface area (TPSA) is 38.8 Å². The predicted octanol–water partition coefficient (Wildman–Crippen LogP) is 6.05. The van der Waals surface area contributed by atoms with Crippen LogP contribution in [-0.2, 0) is 16.1 Å². The summed E-state index contributed by atoms with van der Waals surface area (Å²) in [6.45, 7) is 11.6. The largest absolute Gasteiger partial charge is 0.443 e. The summed E-state index contributed by atoms with van der Waals surface area (Å²) in [6.07, 6.45) is 1.14. The van der Waals surface area contributed by atoms with Crippen LogP contribution in [0.2, 0.25) is 0 Å². The molecule has 0 heterocycles. The normalized spacial score (nSPS) is 13.5. The van der Waals surface area contributed by atoms with Crippen LogP contribution >= 0.6 is 11.9 Å². The Hall–Kier alpha value is -2.24. The maximum absolute atomic E-state index is 12.9. The van der Waals surface area contributed by atoms with Crippen molar-refractivity contribution in [1.29, 1.82) is 0 Å². The number of hydrogen-bond acceptors (Lipinski definition) is 4. The Morgan fingerprint density at radius 3 is 2.11 bits per heavy atom. The van der Waals surface area contributed by atoms with Crippen LogP contribution in [0, 0.1) is 0 Å². The zero-order valence-electron chi connectivity index (χ0n) is 16.3. The highest BCUT2D eigenvalue weighted by Crippen LogP contribution is 2.34. The SMILES string of the molecule is C=CC(C)(OCc1ccccc1)N(Sc1ccccc1)C(=O)OC(C)(C)C. The van der Waals surface area contributed by atoms with Crippen LogP contribution in [0.4, 0.5) is 4.79 Å². The molecule has 0 aliphatic carbocycles. The molecule has 0 aromatic heterocycles. The number of hydrogen-bond donors (Lipinski definition) is 0. The van der Waals surface area contributed by atoms with E-state index >= 15 is 0 Å². The van der Waals surface area contributed by atoms with Crippen molar-refractivity contribution in [3.05, 3.63) is 78.9 Å².